The van der Waals surface area contributed by atoms with Gasteiger partial charge in [-0.3, -0.25) is 9.59 Å². The molecule has 38 heavy (non-hydrogen) atoms. The van der Waals surface area contributed by atoms with Gasteiger partial charge in [0, 0.05) is 18.7 Å². The lowest BCUT2D eigenvalue weighted by Crippen LogP contribution is -2.38. The first-order valence-electron chi connectivity index (χ1n) is 12.3. The van der Waals surface area contributed by atoms with Crippen molar-refractivity contribution in [3.05, 3.63) is 47.0 Å². The predicted molar refractivity (Wildman–Crippen MR) is 142 cm³/mol. The van der Waals surface area contributed by atoms with Crippen molar-refractivity contribution in [2.45, 2.75) is 19.9 Å². The molecule has 1 saturated heterocycles. The van der Waals surface area contributed by atoms with Gasteiger partial charge in [0.05, 0.1) is 47.2 Å². The van der Waals surface area contributed by atoms with E-state index >= 15 is 0 Å². The predicted octanol–water partition coefficient (Wildman–Crippen LogP) is 3.49. The first-order chi connectivity index (χ1) is 18.3. The van der Waals surface area contributed by atoms with E-state index in [0.717, 1.165) is 13.1 Å². The van der Waals surface area contributed by atoms with Gasteiger partial charge in [0.15, 0.2) is 23.0 Å². The molecule has 1 fully saturated rings. The Morgan fingerprint density at radius 2 is 1.42 bits per heavy atom. The molecule has 0 saturated carbocycles. The highest BCUT2D eigenvalue weighted by Gasteiger charge is 2.46. The Morgan fingerprint density at radius 3 is 1.92 bits per heavy atom. The lowest BCUT2D eigenvalue weighted by atomic mass is 9.94. The third-order valence-electron chi connectivity index (χ3n) is 6.75. The fourth-order valence-electron chi connectivity index (χ4n) is 4.64. The smallest absolute Gasteiger partial charge is 0.295 e. The normalized spacial score (nSPS) is 16.6. The van der Waals surface area contributed by atoms with Crippen LogP contribution in [0.5, 0.6) is 28.7 Å². The number of nitrogens with zero attached hydrogens (tertiary/aromatic N) is 2. The molecule has 0 aromatic heterocycles. The summed E-state index contributed by atoms with van der Waals surface area (Å²) in [6, 6.07) is 7.26. The number of aliphatic hydroxyl groups excluding tert-OH is 1. The number of hydrogen-bond acceptors (Lipinski definition) is 9. The number of benzene rings is 2. The number of likely N-dealkylation sites (N-methyl/N-ethyl adjacent to an activating group) is 1. The van der Waals surface area contributed by atoms with Gasteiger partial charge in [0.1, 0.15) is 5.76 Å². The zero-order chi connectivity index (χ0) is 28.0. The number of aliphatic hydroxyl groups is 1. The molecule has 2 aromatic rings. The van der Waals surface area contributed by atoms with Crippen molar-refractivity contribution in [3.63, 3.8) is 0 Å². The van der Waals surface area contributed by atoms with E-state index in [1.165, 1.54) is 40.4 Å². The third kappa shape index (κ3) is 5.35. The number of amides is 1. The number of rotatable bonds is 12. The fourth-order valence-corrected chi connectivity index (χ4v) is 4.64. The summed E-state index contributed by atoms with van der Waals surface area (Å²) in [4.78, 5) is 30.4. The second-order valence-electron chi connectivity index (χ2n) is 8.55. The van der Waals surface area contributed by atoms with Gasteiger partial charge < -0.3 is 38.6 Å². The maximum Gasteiger partial charge on any atom is 0.295 e. The van der Waals surface area contributed by atoms with Gasteiger partial charge in [0.25, 0.3) is 11.7 Å². The highest BCUT2D eigenvalue weighted by Crippen LogP contribution is 2.46. The van der Waals surface area contributed by atoms with E-state index in [-0.39, 0.29) is 17.9 Å². The zero-order valence-corrected chi connectivity index (χ0v) is 23.0. The highest BCUT2D eigenvalue weighted by molar-refractivity contribution is 6.46. The fraction of sp³-hybridized carbons (Fsp3) is 0.429. The van der Waals surface area contributed by atoms with E-state index in [0.29, 0.717) is 46.4 Å². The molecule has 10 nitrogen and oxygen atoms in total. The molecule has 3 rings (SSSR count). The van der Waals surface area contributed by atoms with Crippen molar-refractivity contribution >= 4 is 17.4 Å². The second kappa shape index (κ2) is 12.6. The maximum absolute atomic E-state index is 13.4. The Labute approximate surface area is 223 Å². The van der Waals surface area contributed by atoms with Gasteiger partial charge in [-0.05, 0) is 49.0 Å². The minimum Gasteiger partial charge on any atom is -0.507 e. The van der Waals surface area contributed by atoms with Gasteiger partial charge >= 0.3 is 0 Å². The summed E-state index contributed by atoms with van der Waals surface area (Å²) in [6.07, 6.45) is 0. The van der Waals surface area contributed by atoms with E-state index in [4.69, 9.17) is 23.7 Å². The summed E-state index contributed by atoms with van der Waals surface area (Å²) in [5.41, 5.74) is 0.790. The summed E-state index contributed by atoms with van der Waals surface area (Å²) < 4.78 is 27.2. The molecule has 1 N–H and O–H groups in total. The van der Waals surface area contributed by atoms with Gasteiger partial charge in [-0.2, -0.15) is 0 Å². The van der Waals surface area contributed by atoms with Gasteiger partial charge in [-0.15, -0.1) is 0 Å². The quantitative estimate of drug-likeness (QED) is 0.252. The monoisotopic (exact) mass is 528 g/mol. The van der Waals surface area contributed by atoms with Crippen molar-refractivity contribution in [1.29, 1.82) is 0 Å². The Kier molecular flexibility index (Phi) is 9.46. The highest BCUT2D eigenvalue weighted by atomic mass is 16.5. The first-order valence-corrected chi connectivity index (χ1v) is 12.3. The number of hydrogen-bond donors (Lipinski definition) is 1. The van der Waals surface area contributed by atoms with E-state index in [9.17, 15) is 14.7 Å². The van der Waals surface area contributed by atoms with Crippen LogP contribution >= 0.6 is 0 Å². The Bertz CT molecular complexity index is 1180. The lowest BCUT2D eigenvalue weighted by Gasteiger charge is -2.29. The van der Waals surface area contributed by atoms with Crippen LogP contribution < -0.4 is 23.7 Å². The molecule has 1 unspecified atom stereocenters. The molecule has 2 aromatic carbocycles. The number of carbonyl (C=O) groups excluding carboxylic acids is 2. The molecular formula is C28H36N2O8. The van der Waals surface area contributed by atoms with Crippen LogP contribution in [0, 0.1) is 0 Å². The number of methoxy groups -OCH3 is 5. The van der Waals surface area contributed by atoms with E-state index in [1.807, 2.05) is 13.8 Å². The summed E-state index contributed by atoms with van der Waals surface area (Å²) in [7, 11) is 7.45. The summed E-state index contributed by atoms with van der Waals surface area (Å²) in [5.74, 6) is 0.131. The Morgan fingerprint density at radius 1 is 0.842 bits per heavy atom. The van der Waals surface area contributed by atoms with Crippen LogP contribution in [0.4, 0.5) is 0 Å². The lowest BCUT2D eigenvalue weighted by molar-refractivity contribution is -0.140. The first kappa shape index (κ1) is 28.6. The number of ketones is 1. The molecular weight excluding hydrogens is 492 g/mol. The molecule has 1 aliphatic rings. The topological polar surface area (TPSA) is 107 Å². The van der Waals surface area contributed by atoms with Crippen molar-refractivity contribution < 1.29 is 38.4 Å². The van der Waals surface area contributed by atoms with Crippen LogP contribution in [-0.4, -0.2) is 88.3 Å². The van der Waals surface area contributed by atoms with Crippen LogP contribution in [0.15, 0.2) is 35.9 Å². The minimum absolute atomic E-state index is 0.0453. The van der Waals surface area contributed by atoms with Crippen molar-refractivity contribution in [2.75, 3.05) is 61.7 Å². The molecule has 0 bridgehead atoms. The van der Waals surface area contributed by atoms with Crippen LogP contribution in [0.2, 0.25) is 0 Å². The molecule has 1 atom stereocenters. The van der Waals surface area contributed by atoms with Crippen molar-refractivity contribution in [2.24, 2.45) is 0 Å². The molecule has 1 heterocycles. The average Bonchev–Trinajstić information content (AvgIpc) is 3.20. The van der Waals surface area contributed by atoms with Gasteiger partial charge in [0.2, 0.25) is 5.75 Å². The molecule has 1 amide bonds. The van der Waals surface area contributed by atoms with Crippen LogP contribution in [0.1, 0.15) is 31.0 Å². The number of ether oxygens (including phenoxy) is 5. The van der Waals surface area contributed by atoms with Crippen molar-refractivity contribution in [3.8, 4) is 28.7 Å². The van der Waals surface area contributed by atoms with E-state index < -0.39 is 17.7 Å². The summed E-state index contributed by atoms with van der Waals surface area (Å²) >= 11 is 0. The molecule has 0 radical (unpaired) electrons. The number of Topliss-reactive ketones (excluding diaryl/α,β-unsaturated/α-hetero) is 1. The van der Waals surface area contributed by atoms with Gasteiger partial charge in [-0.1, -0.05) is 13.8 Å². The Balaban J connectivity index is 2.25. The summed E-state index contributed by atoms with van der Waals surface area (Å²) in [6.45, 7) is 6.48. The van der Waals surface area contributed by atoms with Crippen molar-refractivity contribution in [1.82, 2.24) is 9.80 Å². The number of likely N-dealkylation sites (tertiary alicyclic amines) is 1. The van der Waals surface area contributed by atoms with E-state index in [1.54, 1.807) is 30.3 Å². The van der Waals surface area contributed by atoms with Crippen LogP contribution in [0.25, 0.3) is 5.76 Å². The summed E-state index contributed by atoms with van der Waals surface area (Å²) in [5, 5.41) is 11.5. The maximum atomic E-state index is 13.4. The van der Waals surface area contributed by atoms with Crippen LogP contribution in [0.3, 0.4) is 0 Å². The van der Waals surface area contributed by atoms with Crippen LogP contribution in [-0.2, 0) is 9.59 Å². The molecule has 0 spiro atoms. The molecule has 206 valence electrons. The largest absolute Gasteiger partial charge is 0.507 e. The molecule has 10 heteroatoms. The SMILES string of the molecule is CCN(CC)CCN1C(=O)C(=O)/C(=C(/O)c2ccc(OC)c(OC)c2)C1c1cc(OC)c(OC)c(OC)c1. The standard InChI is InChI=1S/C28H36N2O8/c1-8-29(9-2)12-13-30-24(18-15-21(36-5)27(38-7)22(16-18)37-6)23(26(32)28(30)33)25(31)17-10-11-19(34-3)20(14-17)35-4/h10-11,14-16,24,31H,8-9,12-13H2,1-7H3/b25-23+. The molecule has 0 aliphatic carbocycles. The number of carbonyl (C=O) groups is 2. The second-order valence-corrected chi connectivity index (χ2v) is 8.55. The minimum atomic E-state index is -0.896. The third-order valence-corrected chi connectivity index (χ3v) is 6.75. The van der Waals surface area contributed by atoms with E-state index in [2.05, 4.69) is 4.90 Å². The Hall–Kier alpha value is -3.92. The molecule has 1 aliphatic heterocycles. The van der Waals surface area contributed by atoms with Gasteiger partial charge in [-0.25, -0.2) is 0 Å². The average molecular weight is 529 g/mol. The zero-order valence-electron chi connectivity index (χ0n) is 23.0.